The average molecular weight is 283 g/mol. The molecule has 0 aliphatic carbocycles. The molecule has 3 nitrogen and oxygen atoms in total. The van der Waals surface area contributed by atoms with E-state index in [1.54, 1.807) is 48.5 Å². The number of hydrogen-bond donors (Lipinski definition) is 2. The fourth-order valence-electron chi connectivity index (χ4n) is 1.86. The van der Waals surface area contributed by atoms with Crippen molar-refractivity contribution in [2.75, 3.05) is 0 Å². The highest BCUT2D eigenvalue weighted by Gasteiger charge is 2.31. The van der Waals surface area contributed by atoms with Crippen LogP contribution in [0.5, 0.6) is 0 Å². The normalized spacial score (nSPS) is 13.3. The summed E-state index contributed by atoms with van der Waals surface area (Å²) in [6, 6.07) is 15.3. The van der Waals surface area contributed by atoms with Crippen LogP contribution >= 0.6 is 19.2 Å². The summed E-state index contributed by atoms with van der Waals surface area (Å²) in [6.45, 7) is 0. The molecule has 0 heterocycles. The minimum absolute atomic E-state index is 0.538. The van der Waals surface area contributed by atoms with Crippen LogP contribution in [0.2, 0.25) is 5.02 Å². The molecule has 0 aliphatic heterocycles. The van der Waals surface area contributed by atoms with E-state index in [0.29, 0.717) is 16.1 Å². The van der Waals surface area contributed by atoms with Gasteiger partial charge in [-0.3, -0.25) is 4.57 Å². The second-order valence-corrected chi connectivity index (χ2v) is 6.08. The molecule has 18 heavy (non-hydrogen) atoms. The molecule has 0 saturated heterocycles. The lowest BCUT2D eigenvalue weighted by atomic mass is 10.0. The van der Waals surface area contributed by atoms with E-state index >= 15 is 0 Å². The topological polar surface area (TPSA) is 57.5 Å². The van der Waals surface area contributed by atoms with Crippen molar-refractivity contribution in [2.45, 2.75) is 5.66 Å². The van der Waals surface area contributed by atoms with Gasteiger partial charge in [-0.25, -0.2) is 0 Å². The van der Waals surface area contributed by atoms with Gasteiger partial charge in [0.15, 0.2) is 0 Å². The van der Waals surface area contributed by atoms with E-state index in [9.17, 15) is 14.4 Å². The van der Waals surface area contributed by atoms with Crippen LogP contribution in [0, 0.1) is 0 Å². The molecule has 94 valence electrons. The third kappa shape index (κ3) is 3.01. The molecule has 1 unspecified atom stereocenters. The molecule has 0 aromatic heterocycles. The van der Waals surface area contributed by atoms with E-state index < -0.39 is 13.3 Å². The molecule has 0 bridgehead atoms. The Morgan fingerprint density at radius 1 is 0.889 bits per heavy atom. The van der Waals surface area contributed by atoms with Crippen molar-refractivity contribution in [2.24, 2.45) is 0 Å². The third-order valence-corrected chi connectivity index (χ3v) is 4.16. The Morgan fingerprint density at radius 2 is 1.39 bits per heavy atom. The maximum absolute atomic E-state index is 11.7. The highest BCUT2D eigenvalue weighted by Crippen LogP contribution is 2.55. The summed E-state index contributed by atoms with van der Waals surface area (Å²) < 4.78 is 11.7. The third-order valence-electron chi connectivity index (χ3n) is 2.64. The molecule has 2 N–H and O–H groups in total. The first-order valence-electron chi connectivity index (χ1n) is 5.34. The van der Waals surface area contributed by atoms with Crippen LogP contribution in [-0.4, -0.2) is 9.79 Å². The van der Waals surface area contributed by atoms with Gasteiger partial charge in [0, 0.05) is 5.02 Å². The van der Waals surface area contributed by atoms with E-state index in [0.717, 1.165) is 0 Å². The second kappa shape index (κ2) is 5.25. The van der Waals surface area contributed by atoms with Crippen LogP contribution in [0.15, 0.2) is 54.6 Å². The quantitative estimate of drug-likeness (QED) is 0.846. The Labute approximate surface area is 110 Å². The zero-order valence-electron chi connectivity index (χ0n) is 9.40. The minimum atomic E-state index is -4.28. The van der Waals surface area contributed by atoms with Crippen LogP contribution in [0.1, 0.15) is 16.8 Å². The summed E-state index contributed by atoms with van der Waals surface area (Å²) in [5.74, 6) is 0. The van der Waals surface area contributed by atoms with E-state index in [4.69, 9.17) is 11.6 Å². The van der Waals surface area contributed by atoms with E-state index in [1.807, 2.05) is 6.07 Å². The fourth-order valence-corrected chi connectivity index (χ4v) is 3.11. The van der Waals surface area contributed by atoms with E-state index in [2.05, 4.69) is 0 Å². The Hall–Kier alpha value is -1.12. The maximum atomic E-state index is 11.7. The van der Waals surface area contributed by atoms with Crippen molar-refractivity contribution in [3.63, 3.8) is 0 Å². The first-order chi connectivity index (χ1) is 8.48. The average Bonchev–Trinajstić information content (AvgIpc) is 2.32. The summed E-state index contributed by atoms with van der Waals surface area (Å²) in [4.78, 5) is 19.1. The molecule has 0 spiro atoms. The lowest BCUT2D eigenvalue weighted by molar-refractivity contribution is 0.364. The van der Waals surface area contributed by atoms with Gasteiger partial charge < -0.3 is 9.79 Å². The number of halogens is 1. The van der Waals surface area contributed by atoms with Crippen molar-refractivity contribution in [1.29, 1.82) is 0 Å². The minimum Gasteiger partial charge on any atom is -0.324 e. The summed E-state index contributed by atoms with van der Waals surface area (Å²) in [7, 11) is -4.28. The Balaban J connectivity index is 2.51. The van der Waals surface area contributed by atoms with Gasteiger partial charge >= 0.3 is 7.60 Å². The largest absolute Gasteiger partial charge is 0.337 e. The lowest BCUT2D eigenvalue weighted by Crippen LogP contribution is -2.01. The molecule has 2 rings (SSSR count). The van der Waals surface area contributed by atoms with Gasteiger partial charge in [-0.05, 0) is 23.3 Å². The van der Waals surface area contributed by atoms with Gasteiger partial charge in [-0.1, -0.05) is 54.1 Å². The van der Waals surface area contributed by atoms with Crippen LogP contribution < -0.4 is 0 Å². The summed E-state index contributed by atoms with van der Waals surface area (Å²) >= 11 is 5.78. The summed E-state index contributed by atoms with van der Waals surface area (Å²) in [5.41, 5.74) is 0.197. The number of rotatable bonds is 3. The SMILES string of the molecule is O=P(O)(O)C(c1ccccc1)c1ccc(Cl)cc1. The van der Waals surface area contributed by atoms with Crippen molar-refractivity contribution >= 4 is 19.2 Å². The lowest BCUT2D eigenvalue weighted by Gasteiger charge is -2.19. The van der Waals surface area contributed by atoms with E-state index in [1.165, 1.54) is 0 Å². The molecule has 2 aromatic carbocycles. The zero-order chi connectivity index (χ0) is 13.2. The maximum Gasteiger partial charge on any atom is 0.337 e. The van der Waals surface area contributed by atoms with Crippen LogP contribution in [0.25, 0.3) is 0 Å². The monoisotopic (exact) mass is 282 g/mol. The van der Waals surface area contributed by atoms with Crippen molar-refractivity contribution in [1.82, 2.24) is 0 Å². The first-order valence-corrected chi connectivity index (χ1v) is 7.40. The molecule has 1 atom stereocenters. The van der Waals surface area contributed by atoms with Gasteiger partial charge in [0.2, 0.25) is 0 Å². The zero-order valence-corrected chi connectivity index (χ0v) is 11.1. The van der Waals surface area contributed by atoms with Crippen molar-refractivity contribution in [3.8, 4) is 0 Å². The molecule has 5 heteroatoms. The molecule has 2 aromatic rings. The van der Waals surface area contributed by atoms with Crippen LogP contribution in [0.4, 0.5) is 0 Å². The van der Waals surface area contributed by atoms with Crippen LogP contribution in [-0.2, 0) is 4.57 Å². The number of benzene rings is 2. The van der Waals surface area contributed by atoms with Crippen molar-refractivity contribution < 1.29 is 14.4 Å². The van der Waals surface area contributed by atoms with Gasteiger partial charge in [0.25, 0.3) is 0 Å². The Bertz CT molecular complexity index is 563. The van der Waals surface area contributed by atoms with Gasteiger partial charge in [-0.15, -0.1) is 0 Å². The highest BCUT2D eigenvalue weighted by atomic mass is 35.5. The standard InChI is InChI=1S/C13H12ClO3P/c14-12-8-6-11(7-9-12)13(18(15,16)17)10-4-2-1-3-5-10/h1-9,13H,(H2,15,16,17). The smallest absolute Gasteiger partial charge is 0.324 e. The molecule has 0 radical (unpaired) electrons. The molecule has 0 saturated carbocycles. The molecule has 0 amide bonds. The van der Waals surface area contributed by atoms with Gasteiger partial charge in [0.1, 0.15) is 5.66 Å². The Morgan fingerprint density at radius 3 is 1.89 bits per heavy atom. The van der Waals surface area contributed by atoms with Gasteiger partial charge in [0.05, 0.1) is 0 Å². The molecule has 0 aliphatic rings. The van der Waals surface area contributed by atoms with E-state index in [-0.39, 0.29) is 0 Å². The Kier molecular flexibility index (Phi) is 3.88. The van der Waals surface area contributed by atoms with Crippen LogP contribution in [0.3, 0.4) is 0 Å². The summed E-state index contributed by atoms with van der Waals surface area (Å²) in [5, 5.41) is 0.538. The molecule has 0 fully saturated rings. The number of hydrogen-bond acceptors (Lipinski definition) is 1. The first kappa shape index (κ1) is 13.3. The summed E-state index contributed by atoms with van der Waals surface area (Å²) in [6.07, 6.45) is 0. The predicted molar refractivity (Wildman–Crippen MR) is 71.8 cm³/mol. The highest BCUT2D eigenvalue weighted by molar-refractivity contribution is 7.52. The van der Waals surface area contributed by atoms with Gasteiger partial charge in [-0.2, -0.15) is 0 Å². The second-order valence-electron chi connectivity index (χ2n) is 3.95. The molecular weight excluding hydrogens is 271 g/mol. The van der Waals surface area contributed by atoms with Crippen molar-refractivity contribution in [3.05, 3.63) is 70.7 Å². The predicted octanol–water partition coefficient (Wildman–Crippen LogP) is 3.61. The fraction of sp³-hybridized carbons (Fsp3) is 0.0769. The molecular formula is C13H12ClO3P.